The quantitative estimate of drug-likeness (QED) is 0.629. The van der Waals surface area contributed by atoms with Gasteiger partial charge in [0.05, 0.1) is 11.8 Å². The third-order valence-corrected chi connectivity index (χ3v) is 2.17. The topological polar surface area (TPSA) is 52.5 Å². The van der Waals surface area contributed by atoms with Gasteiger partial charge in [-0.1, -0.05) is 19.1 Å². The van der Waals surface area contributed by atoms with E-state index in [0.29, 0.717) is 13.0 Å². The molecule has 0 aromatic heterocycles. The van der Waals surface area contributed by atoms with Gasteiger partial charge in [-0.2, -0.15) is 0 Å². The van der Waals surface area contributed by atoms with Crippen molar-refractivity contribution in [1.82, 2.24) is 0 Å². The van der Waals surface area contributed by atoms with Crippen molar-refractivity contribution in [3.05, 3.63) is 24.3 Å². The van der Waals surface area contributed by atoms with Crippen LogP contribution in [0.15, 0.2) is 24.3 Å². The minimum atomic E-state index is -0.256. The Morgan fingerprint density at radius 2 is 2.07 bits per heavy atom. The van der Waals surface area contributed by atoms with Crippen molar-refractivity contribution in [3.8, 4) is 5.75 Å². The second-order valence-corrected chi connectivity index (χ2v) is 3.29. The number of aromatic hydroxyl groups is 1. The third kappa shape index (κ3) is 3.26. The fourth-order valence-electron chi connectivity index (χ4n) is 1.20. The molecule has 78 valence electrons. The molecule has 0 spiro atoms. The largest absolute Gasteiger partial charge is 0.506 e. The minimum Gasteiger partial charge on any atom is -0.506 e. The van der Waals surface area contributed by atoms with Gasteiger partial charge in [0.25, 0.3) is 0 Å². The summed E-state index contributed by atoms with van der Waals surface area (Å²) < 4.78 is 0. The Morgan fingerprint density at radius 1 is 1.36 bits per heavy atom. The summed E-state index contributed by atoms with van der Waals surface area (Å²) in [4.78, 5) is 0. The van der Waals surface area contributed by atoms with Gasteiger partial charge in [0.2, 0.25) is 0 Å². The lowest BCUT2D eigenvalue weighted by Crippen LogP contribution is -2.12. The molecule has 0 aliphatic rings. The van der Waals surface area contributed by atoms with E-state index in [4.69, 9.17) is 0 Å². The lowest BCUT2D eigenvalue weighted by Gasteiger charge is -2.10. The van der Waals surface area contributed by atoms with E-state index in [2.05, 4.69) is 5.32 Å². The molecule has 0 saturated heterocycles. The molecule has 0 aliphatic heterocycles. The smallest absolute Gasteiger partial charge is 0.138 e. The molecule has 1 atom stereocenters. The molecule has 1 aromatic rings. The Balaban J connectivity index is 2.35. The van der Waals surface area contributed by atoms with E-state index in [1.165, 1.54) is 0 Å². The molecule has 3 nitrogen and oxygen atoms in total. The van der Waals surface area contributed by atoms with Gasteiger partial charge in [-0.3, -0.25) is 0 Å². The van der Waals surface area contributed by atoms with E-state index < -0.39 is 0 Å². The van der Waals surface area contributed by atoms with Gasteiger partial charge in [0.1, 0.15) is 5.75 Å². The summed E-state index contributed by atoms with van der Waals surface area (Å²) in [5, 5.41) is 21.8. The van der Waals surface area contributed by atoms with Crippen LogP contribution in [0.2, 0.25) is 0 Å². The lowest BCUT2D eigenvalue weighted by atomic mass is 10.2. The van der Waals surface area contributed by atoms with Gasteiger partial charge in [-0.25, -0.2) is 0 Å². The standard InChI is InChI=1S/C11H17NO2/c1-2-9(13)7-8-12-10-5-3-4-6-11(10)14/h3-6,9,12-14H,2,7-8H2,1H3. The van der Waals surface area contributed by atoms with Gasteiger partial charge in [-0.05, 0) is 25.0 Å². The van der Waals surface area contributed by atoms with Crippen molar-refractivity contribution in [2.24, 2.45) is 0 Å². The molecular weight excluding hydrogens is 178 g/mol. The van der Waals surface area contributed by atoms with Crippen molar-refractivity contribution < 1.29 is 10.2 Å². The lowest BCUT2D eigenvalue weighted by molar-refractivity contribution is 0.164. The Kier molecular flexibility index (Phi) is 4.26. The number of aliphatic hydroxyl groups is 1. The molecule has 0 bridgehead atoms. The van der Waals surface area contributed by atoms with E-state index in [9.17, 15) is 10.2 Å². The van der Waals surface area contributed by atoms with Crippen molar-refractivity contribution >= 4 is 5.69 Å². The highest BCUT2D eigenvalue weighted by atomic mass is 16.3. The first-order valence-electron chi connectivity index (χ1n) is 4.94. The van der Waals surface area contributed by atoms with Crippen molar-refractivity contribution in [3.63, 3.8) is 0 Å². The summed E-state index contributed by atoms with van der Waals surface area (Å²) in [5.74, 6) is 0.249. The Bertz CT molecular complexity index is 276. The van der Waals surface area contributed by atoms with E-state index in [0.717, 1.165) is 12.1 Å². The monoisotopic (exact) mass is 195 g/mol. The Morgan fingerprint density at radius 3 is 2.71 bits per heavy atom. The number of anilines is 1. The molecule has 3 heteroatoms. The van der Waals surface area contributed by atoms with E-state index in [1.54, 1.807) is 12.1 Å². The fraction of sp³-hybridized carbons (Fsp3) is 0.455. The van der Waals surface area contributed by atoms with Gasteiger partial charge in [-0.15, -0.1) is 0 Å². The number of nitrogens with one attached hydrogen (secondary N) is 1. The molecule has 0 heterocycles. The number of hydrogen-bond acceptors (Lipinski definition) is 3. The maximum Gasteiger partial charge on any atom is 0.138 e. The van der Waals surface area contributed by atoms with E-state index in [-0.39, 0.29) is 11.9 Å². The molecule has 0 aliphatic carbocycles. The fourth-order valence-corrected chi connectivity index (χ4v) is 1.20. The molecule has 0 saturated carbocycles. The normalized spacial score (nSPS) is 12.4. The molecule has 1 aromatic carbocycles. The molecular formula is C11H17NO2. The summed E-state index contributed by atoms with van der Waals surface area (Å²) in [5.41, 5.74) is 0.718. The first kappa shape index (κ1) is 10.9. The number of rotatable bonds is 5. The summed E-state index contributed by atoms with van der Waals surface area (Å²) in [6.45, 7) is 2.62. The van der Waals surface area contributed by atoms with Crippen LogP contribution >= 0.6 is 0 Å². The minimum absolute atomic E-state index is 0.249. The maximum atomic E-state index is 9.41. The van der Waals surface area contributed by atoms with Crippen LogP contribution in [-0.4, -0.2) is 22.9 Å². The molecule has 0 fully saturated rings. The molecule has 1 rings (SSSR count). The second-order valence-electron chi connectivity index (χ2n) is 3.29. The zero-order chi connectivity index (χ0) is 10.4. The van der Waals surface area contributed by atoms with Crippen LogP contribution in [0, 0.1) is 0 Å². The Labute approximate surface area is 84.4 Å². The molecule has 0 amide bonds. The van der Waals surface area contributed by atoms with Gasteiger partial charge >= 0.3 is 0 Å². The first-order valence-corrected chi connectivity index (χ1v) is 4.94. The number of phenols is 1. The highest BCUT2D eigenvalue weighted by Gasteiger charge is 2.01. The predicted octanol–water partition coefficient (Wildman–Crippen LogP) is 1.97. The average molecular weight is 195 g/mol. The SMILES string of the molecule is CCC(O)CCNc1ccccc1O. The number of benzene rings is 1. The second kappa shape index (κ2) is 5.50. The van der Waals surface area contributed by atoms with E-state index in [1.807, 2.05) is 19.1 Å². The van der Waals surface area contributed by atoms with Crippen molar-refractivity contribution in [1.29, 1.82) is 0 Å². The number of para-hydroxylation sites is 2. The molecule has 0 radical (unpaired) electrons. The summed E-state index contributed by atoms with van der Waals surface area (Å²) in [6, 6.07) is 7.09. The molecule has 1 unspecified atom stereocenters. The van der Waals surface area contributed by atoms with E-state index >= 15 is 0 Å². The van der Waals surface area contributed by atoms with Crippen LogP contribution in [0.4, 0.5) is 5.69 Å². The Hall–Kier alpha value is -1.22. The number of aliphatic hydroxyl groups excluding tert-OH is 1. The van der Waals surface area contributed by atoms with Crippen molar-refractivity contribution in [2.75, 3.05) is 11.9 Å². The maximum absolute atomic E-state index is 9.41. The van der Waals surface area contributed by atoms with Crippen LogP contribution < -0.4 is 5.32 Å². The highest BCUT2D eigenvalue weighted by Crippen LogP contribution is 2.21. The van der Waals surface area contributed by atoms with Crippen LogP contribution in [-0.2, 0) is 0 Å². The van der Waals surface area contributed by atoms with Gasteiger partial charge < -0.3 is 15.5 Å². The van der Waals surface area contributed by atoms with Crippen LogP contribution in [0.25, 0.3) is 0 Å². The predicted molar refractivity (Wildman–Crippen MR) is 57.5 cm³/mol. The van der Waals surface area contributed by atoms with Crippen LogP contribution in [0.3, 0.4) is 0 Å². The highest BCUT2D eigenvalue weighted by molar-refractivity contribution is 5.55. The molecule has 14 heavy (non-hydrogen) atoms. The number of phenolic OH excluding ortho intramolecular Hbond substituents is 1. The zero-order valence-electron chi connectivity index (χ0n) is 8.40. The van der Waals surface area contributed by atoms with Crippen LogP contribution in [0.1, 0.15) is 19.8 Å². The van der Waals surface area contributed by atoms with Crippen molar-refractivity contribution in [2.45, 2.75) is 25.9 Å². The third-order valence-electron chi connectivity index (χ3n) is 2.17. The molecule has 3 N–H and O–H groups in total. The first-order chi connectivity index (χ1) is 6.74. The summed E-state index contributed by atoms with van der Waals surface area (Å²) in [6.07, 6.45) is 1.21. The van der Waals surface area contributed by atoms with Gasteiger partial charge in [0, 0.05) is 6.54 Å². The summed E-state index contributed by atoms with van der Waals surface area (Å²) in [7, 11) is 0. The number of hydrogen-bond donors (Lipinski definition) is 3. The van der Waals surface area contributed by atoms with Crippen LogP contribution in [0.5, 0.6) is 5.75 Å². The average Bonchev–Trinajstić information content (AvgIpc) is 2.20. The summed E-state index contributed by atoms with van der Waals surface area (Å²) >= 11 is 0. The van der Waals surface area contributed by atoms with Gasteiger partial charge in [0.15, 0.2) is 0 Å². The zero-order valence-corrected chi connectivity index (χ0v) is 8.40.